The summed E-state index contributed by atoms with van der Waals surface area (Å²) in [5, 5.41) is 16.0. The predicted octanol–water partition coefficient (Wildman–Crippen LogP) is 3.17. The first-order chi connectivity index (χ1) is 11.9. The van der Waals surface area contributed by atoms with Gasteiger partial charge in [0.25, 0.3) is 0 Å². The smallest absolute Gasteiger partial charge is 0.239 e. The van der Waals surface area contributed by atoms with E-state index in [1.165, 1.54) is 0 Å². The SMILES string of the molecule is CCNC(=O)CNC(=O)CCc1cc(C(C)(C)C)c(O)c(C(C)(C)C)c1. The molecule has 5 heteroatoms. The molecule has 3 N–H and O–H groups in total. The van der Waals surface area contributed by atoms with E-state index in [9.17, 15) is 14.7 Å². The lowest BCUT2D eigenvalue weighted by Gasteiger charge is -2.28. The maximum atomic E-state index is 12.0. The fraction of sp³-hybridized carbons (Fsp3) is 0.619. The van der Waals surface area contributed by atoms with Crippen LogP contribution in [0, 0.1) is 0 Å². The molecule has 0 fully saturated rings. The molecule has 2 amide bonds. The van der Waals surface area contributed by atoms with Gasteiger partial charge in [-0.1, -0.05) is 53.7 Å². The summed E-state index contributed by atoms with van der Waals surface area (Å²) < 4.78 is 0. The molecule has 0 atom stereocenters. The van der Waals surface area contributed by atoms with Crippen molar-refractivity contribution in [1.82, 2.24) is 10.6 Å². The van der Waals surface area contributed by atoms with Crippen molar-refractivity contribution in [2.75, 3.05) is 13.1 Å². The van der Waals surface area contributed by atoms with E-state index in [1.54, 1.807) is 0 Å². The highest BCUT2D eigenvalue weighted by atomic mass is 16.3. The molecular formula is C21H34N2O3. The molecule has 0 aliphatic rings. The van der Waals surface area contributed by atoms with Crippen molar-refractivity contribution >= 4 is 11.8 Å². The zero-order valence-corrected chi connectivity index (χ0v) is 17.2. The lowest BCUT2D eigenvalue weighted by molar-refractivity contribution is -0.126. The van der Waals surface area contributed by atoms with Gasteiger partial charge in [-0.15, -0.1) is 0 Å². The fourth-order valence-electron chi connectivity index (χ4n) is 2.77. The normalized spacial score (nSPS) is 12.0. The Morgan fingerprint density at radius 2 is 1.42 bits per heavy atom. The molecule has 0 saturated carbocycles. The van der Waals surface area contributed by atoms with Gasteiger partial charge in [0.05, 0.1) is 6.54 Å². The highest BCUT2D eigenvalue weighted by Gasteiger charge is 2.26. The van der Waals surface area contributed by atoms with E-state index < -0.39 is 0 Å². The quantitative estimate of drug-likeness (QED) is 0.727. The van der Waals surface area contributed by atoms with Gasteiger partial charge in [-0.25, -0.2) is 0 Å². The van der Waals surface area contributed by atoms with E-state index in [4.69, 9.17) is 0 Å². The van der Waals surface area contributed by atoms with E-state index in [2.05, 4.69) is 52.2 Å². The topological polar surface area (TPSA) is 78.4 Å². The van der Waals surface area contributed by atoms with Crippen LogP contribution >= 0.6 is 0 Å². The highest BCUT2D eigenvalue weighted by molar-refractivity contribution is 5.84. The van der Waals surface area contributed by atoms with Gasteiger partial charge in [-0.2, -0.15) is 0 Å². The number of benzene rings is 1. The van der Waals surface area contributed by atoms with Gasteiger partial charge in [-0.05, 0) is 40.9 Å². The number of rotatable bonds is 6. The largest absolute Gasteiger partial charge is 0.507 e. The maximum Gasteiger partial charge on any atom is 0.239 e. The minimum Gasteiger partial charge on any atom is -0.507 e. The van der Waals surface area contributed by atoms with Crippen molar-refractivity contribution in [2.45, 2.75) is 72.1 Å². The van der Waals surface area contributed by atoms with E-state index in [-0.39, 0.29) is 29.2 Å². The first-order valence-electron chi connectivity index (χ1n) is 9.26. The van der Waals surface area contributed by atoms with Crippen LogP contribution < -0.4 is 10.6 Å². The van der Waals surface area contributed by atoms with Crippen LogP contribution in [-0.4, -0.2) is 30.0 Å². The Bertz CT molecular complexity index is 617. The molecule has 5 nitrogen and oxygen atoms in total. The number of phenols is 1. The second-order valence-electron chi connectivity index (χ2n) is 8.77. The average molecular weight is 363 g/mol. The van der Waals surface area contributed by atoms with Crippen LogP contribution in [0.25, 0.3) is 0 Å². The van der Waals surface area contributed by atoms with Crippen LogP contribution in [0.5, 0.6) is 5.75 Å². The monoisotopic (exact) mass is 362 g/mol. The molecular weight excluding hydrogens is 328 g/mol. The third-order valence-corrected chi connectivity index (χ3v) is 4.25. The highest BCUT2D eigenvalue weighted by Crippen LogP contribution is 2.39. The Kier molecular flexibility index (Phi) is 7.25. The minimum absolute atomic E-state index is 0.00271. The Morgan fingerprint density at radius 3 is 1.85 bits per heavy atom. The lowest BCUT2D eigenvalue weighted by Crippen LogP contribution is -2.36. The summed E-state index contributed by atoms with van der Waals surface area (Å²) in [5.74, 6) is 0.00362. The number of phenolic OH excluding ortho intramolecular Hbond substituents is 1. The molecule has 0 heterocycles. The number of aromatic hydroxyl groups is 1. The number of amides is 2. The molecule has 0 unspecified atom stereocenters. The molecule has 0 aromatic heterocycles. The van der Waals surface area contributed by atoms with Crippen molar-refractivity contribution in [1.29, 1.82) is 0 Å². The van der Waals surface area contributed by atoms with Crippen LogP contribution in [0.3, 0.4) is 0 Å². The molecule has 146 valence electrons. The van der Waals surface area contributed by atoms with E-state index >= 15 is 0 Å². The van der Waals surface area contributed by atoms with Crippen molar-refractivity contribution in [3.8, 4) is 5.75 Å². The fourth-order valence-corrected chi connectivity index (χ4v) is 2.77. The molecule has 0 radical (unpaired) electrons. The van der Waals surface area contributed by atoms with Gasteiger partial charge in [-0.3, -0.25) is 9.59 Å². The zero-order chi connectivity index (χ0) is 20.1. The minimum atomic E-state index is -0.194. The van der Waals surface area contributed by atoms with Gasteiger partial charge >= 0.3 is 0 Å². The molecule has 1 rings (SSSR count). The first-order valence-corrected chi connectivity index (χ1v) is 9.26. The third-order valence-electron chi connectivity index (χ3n) is 4.25. The Hall–Kier alpha value is -2.04. The van der Waals surface area contributed by atoms with E-state index in [1.807, 2.05) is 19.1 Å². The van der Waals surface area contributed by atoms with E-state index in [0.717, 1.165) is 16.7 Å². The molecule has 1 aromatic rings. The van der Waals surface area contributed by atoms with Gasteiger partial charge in [0.2, 0.25) is 11.8 Å². The molecule has 26 heavy (non-hydrogen) atoms. The molecule has 0 spiro atoms. The van der Waals surface area contributed by atoms with Crippen molar-refractivity contribution in [3.05, 3.63) is 28.8 Å². The van der Waals surface area contributed by atoms with Crippen LogP contribution in [0.15, 0.2) is 12.1 Å². The van der Waals surface area contributed by atoms with Crippen molar-refractivity contribution < 1.29 is 14.7 Å². The Morgan fingerprint density at radius 1 is 0.923 bits per heavy atom. The van der Waals surface area contributed by atoms with Crippen LogP contribution in [0.2, 0.25) is 0 Å². The summed E-state index contributed by atoms with van der Waals surface area (Å²) in [7, 11) is 0. The maximum absolute atomic E-state index is 12.0. The summed E-state index contributed by atoms with van der Waals surface area (Å²) in [6.07, 6.45) is 0.866. The number of likely N-dealkylation sites (N-methyl/N-ethyl adjacent to an activating group) is 1. The summed E-state index contributed by atoms with van der Waals surface area (Å²) >= 11 is 0. The molecule has 0 aliphatic carbocycles. The average Bonchev–Trinajstić information content (AvgIpc) is 2.49. The lowest BCUT2D eigenvalue weighted by atomic mass is 9.78. The van der Waals surface area contributed by atoms with Crippen molar-refractivity contribution in [3.63, 3.8) is 0 Å². The van der Waals surface area contributed by atoms with Crippen molar-refractivity contribution in [2.24, 2.45) is 0 Å². The standard InChI is InChI=1S/C21H34N2O3/c1-8-22-18(25)13-23-17(24)10-9-14-11-15(20(2,3)4)19(26)16(12-14)21(5,6)7/h11-12,26H,8-10,13H2,1-7H3,(H,22,25)(H,23,24). The molecule has 0 saturated heterocycles. The number of hydrogen-bond donors (Lipinski definition) is 3. The van der Waals surface area contributed by atoms with E-state index in [0.29, 0.717) is 25.1 Å². The summed E-state index contributed by atoms with van der Waals surface area (Å²) in [5.41, 5.74) is 2.41. The number of carbonyl (C=O) groups excluding carboxylic acids is 2. The van der Waals surface area contributed by atoms with Gasteiger partial charge in [0.15, 0.2) is 0 Å². The summed E-state index contributed by atoms with van der Waals surface area (Å²) in [6.45, 7) is 14.8. The van der Waals surface area contributed by atoms with Gasteiger partial charge < -0.3 is 15.7 Å². The third kappa shape index (κ3) is 6.36. The number of aryl methyl sites for hydroxylation is 1. The Labute approximate surface area is 157 Å². The second-order valence-corrected chi connectivity index (χ2v) is 8.77. The molecule has 0 aliphatic heterocycles. The number of hydrogen-bond acceptors (Lipinski definition) is 3. The van der Waals surface area contributed by atoms with Crippen LogP contribution in [0.4, 0.5) is 0 Å². The summed E-state index contributed by atoms with van der Waals surface area (Å²) in [6, 6.07) is 3.98. The van der Waals surface area contributed by atoms with Gasteiger partial charge in [0.1, 0.15) is 5.75 Å². The second kappa shape index (κ2) is 8.56. The van der Waals surface area contributed by atoms with Crippen LogP contribution in [-0.2, 0) is 26.8 Å². The zero-order valence-electron chi connectivity index (χ0n) is 17.2. The predicted molar refractivity (Wildman–Crippen MR) is 106 cm³/mol. The number of carbonyl (C=O) groups is 2. The molecule has 0 bridgehead atoms. The molecule has 1 aromatic carbocycles. The Balaban J connectivity index is 2.93. The first kappa shape index (κ1) is 22.0. The van der Waals surface area contributed by atoms with Crippen LogP contribution in [0.1, 0.15) is 71.6 Å². The van der Waals surface area contributed by atoms with Gasteiger partial charge in [0, 0.05) is 13.0 Å². The summed E-state index contributed by atoms with van der Waals surface area (Å²) in [4.78, 5) is 23.4. The number of nitrogens with one attached hydrogen (secondary N) is 2.